The molecule has 13 atom stereocenters. The number of halogens is 1. The van der Waals surface area contributed by atoms with Gasteiger partial charge in [0.05, 0.1) is 31.0 Å². The summed E-state index contributed by atoms with van der Waals surface area (Å²) in [6, 6.07) is -2.87. The summed E-state index contributed by atoms with van der Waals surface area (Å²) >= 11 is 1.81. The molecule has 3 heterocycles. The standard InChI is InChI=1S/C55H81IN12O17/c1-29(65-56)46(75)59-37(8-3-5-19-57)52(81)66-21-7-10-42(66)48(77)63-41(28-69)47(76)61-39(22-31-11-15-33(71)16-12-31)53(82)68-27-36(74)25-44(68)50(79)64-45(30(2)70)51(80)62-40(23-32-13-17-34(72)18-14-32)54(83)67-26-35(73)24-43(67)49(78)60-38(55(84)85)9-4-6-20-58/h11-18,29-30,35-45,65,69-74H,3-10,19-28,57-58H2,1-2H3,(H,59,75)(H,60,78)(H,61,76)(H,62,80)(H,63,77)(H,64,79)(H,84,85)/t29-,30+,35+,36+,37-,38-,39-,40-,41-,42-,43-,44-,45-/m0/s1. The molecule has 0 saturated carbocycles. The number of unbranched alkanes of at least 4 members (excludes halogenated alkanes) is 2. The van der Waals surface area contributed by atoms with Crippen LogP contribution < -0.4 is 46.9 Å². The largest absolute Gasteiger partial charge is 0.508 e. The molecule has 3 saturated heterocycles. The number of rotatable bonds is 31. The highest BCUT2D eigenvalue weighted by atomic mass is 127. The quantitative estimate of drug-likeness (QED) is 0.0193. The van der Waals surface area contributed by atoms with Crippen molar-refractivity contribution in [2.45, 2.75) is 170 Å². The maximum absolute atomic E-state index is 14.8. The first-order valence-electron chi connectivity index (χ1n) is 28.3. The molecule has 0 bridgehead atoms. The van der Waals surface area contributed by atoms with Gasteiger partial charge in [-0.15, -0.1) is 0 Å². The summed E-state index contributed by atoms with van der Waals surface area (Å²) in [5.74, 6) is -9.47. The predicted octanol–water partition coefficient (Wildman–Crippen LogP) is -4.25. The van der Waals surface area contributed by atoms with Crippen LogP contribution in [0.5, 0.6) is 11.5 Å². The van der Waals surface area contributed by atoms with Gasteiger partial charge < -0.3 is 93.8 Å². The van der Waals surface area contributed by atoms with E-state index in [-0.39, 0.29) is 63.1 Å². The number of aliphatic hydroxyl groups is 4. The maximum Gasteiger partial charge on any atom is 0.326 e. The summed E-state index contributed by atoms with van der Waals surface area (Å²) < 4.78 is 2.78. The highest BCUT2D eigenvalue weighted by Crippen LogP contribution is 2.25. The Hall–Kier alpha value is -6.81. The van der Waals surface area contributed by atoms with E-state index >= 15 is 0 Å². The molecule has 85 heavy (non-hydrogen) atoms. The molecule has 0 aromatic heterocycles. The van der Waals surface area contributed by atoms with Gasteiger partial charge in [-0.1, -0.05) is 24.3 Å². The Balaban J connectivity index is 1.35. The van der Waals surface area contributed by atoms with Crippen LogP contribution in [0, 0.1) is 0 Å². The number of phenolic OH excluding ortho intramolecular Hbond substituents is 2. The number of carboxylic acid groups (broad SMARTS) is 1. The highest BCUT2D eigenvalue weighted by molar-refractivity contribution is 14.1. The third-order valence-corrected chi connectivity index (χ3v) is 16.0. The van der Waals surface area contributed by atoms with Gasteiger partial charge in [-0.05, 0) is 114 Å². The summed E-state index contributed by atoms with van der Waals surface area (Å²) in [5, 5.41) is 88.3. The SMILES string of the molecule is C[C@H](NI)C(=O)N[C@@H](CCCCN)C(=O)N1CCC[C@H]1C(=O)N[C@@H](CO)C(=O)N[C@@H](Cc1ccc(O)cc1)C(=O)N1C[C@H](O)C[C@H]1C(=O)N[C@H](C(=O)N[C@@H](Cc1ccc(O)cc1)C(=O)N1C[C@H](O)C[C@H]1C(=O)N[C@@H](CCCCN)C(=O)O)[C@@H](C)O. The highest BCUT2D eigenvalue weighted by Gasteiger charge is 2.46. The van der Waals surface area contributed by atoms with Gasteiger partial charge in [0.1, 0.15) is 65.9 Å². The second kappa shape index (κ2) is 33.2. The average Bonchev–Trinajstić information content (AvgIpc) is 4.24. The van der Waals surface area contributed by atoms with Crippen LogP contribution >= 0.6 is 22.9 Å². The third-order valence-electron chi connectivity index (χ3n) is 15.1. The van der Waals surface area contributed by atoms with E-state index in [2.05, 4.69) is 35.4 Å². The molecular formula is C55H81IN12O17. The predicted molar refractivity (Wildman–Crippen MR) is 311 cm³/mol. The van der Waals surface area contributed by atoms with Crippen LogP contribution in [0.25, 0.3) is 0 Å². The Bertz CT molecular complexity index is 2640. The summed E-state index contributed by atoms with van der Waals surface area (Å²) in [7, 11) is 0. The molecule has 0 spiro atoms. The summed E-state index contributed by atoms with van der Waals surface area (Å²) in [4.78, 5) is 142. The van der Waals surface area contributed by atoms with Crippen molar-refractivity contribution in [3.05, 3.63) is 59.7 Å². The fourth-order valence-corrected chi connectivity index (χ4v) is 10.7. The molecular weight excluding hydrogens is 1230 g/mol. The number of amides is 9. The first-order chi connectivity index (χ1) is 40.4. The molecule has 0 aliphatic carbocycles. The van der Waals surface area contributed by atoms with E-state index in [1.54, 1.807) is 6.92 Å². The number of carbonyl (C=O) groups excluding carboxylic acids is 9. The number of carbonyl (C=O) groups is 10. The number of nitrogens with zero attached hydrogens (tertiary/aromatic N) is 3. The molecule has 18 N–H and O–H groups in total. The number of aliphatic hydroxyl groups excluding tert-OH is 4. The van der Waals surface area contributed by atoms with Gasteiger partial charge in [0.25, 0.3) is 0 Å². The number of hydrogen-bond donors (Lipinski definition) is 16. The molecule has 0 radical (unpaired) electrons. The first kappa shape index (κ1) is 69.0. The number of hydrogen-bond acceptors (Lipinski definition) is 19. The lowest BCUT2D eigenvalue weighted by Crippen LogP contribution is -2.62. The summed E-state index contributed by atoms with van der Waals surface area (Å²) in [6.45, 7) is 1.63. The molecule has 3 aliphatic rings. The number of benzene rings is 2. The van der Waals surface area contributed by atoms with E-state index in [4.69, 9.17) is 11.5 Å². The van der Waals surface area contributed by atoms with Gasteiger partial charge in [0.15, 0.2) is 0 Å². The molecule has 3 aliphatic heterocycles. The Morgan fingerprint density at radius 2 is 1.01 bits per heavy atom. The Morgan fingerprint density at radius 3 is 1.47 bits per heavy atom. The number of nitrogens with one attached hydrogen (secondary N) is 7. The average molecular weight is 1310 g/mol. The molecule has 470 valence electrons. The molecule has 29 nitrogen and oxygen atoms in total. The smallest absolute Gasteiger partial charge is 0.326 e. The van der Waals surface area contributed by atoms with Crippen LogP contribution in [0.4, 0.5) is 0 Å². The number of aliphatic carboxylic acids is 1. The minimum Gasteiger partial charge on any atom is -0.508 e. The fourth-order valence-electron chi connectivity index (χ4n) is 10.4. The van der Waals surface area contributed by atoms with Crippen molar-refractivity contribution in [1.82, 2.24) is 50.1 Å². The zero-order valence-electron chi connectivity index (χ0n) is 47.4. The molecule has 2 aromatic rings. The van der Waals surface area contributed by atoms with Gasteiger partial charge in [0, 0.05) is 68.2 Å². The van der Waals surface area contributed by atoms with E-state index in [0.29, 0.717) is 49.8 Å². The summed E-state index contributed by atoms with van der Waals surface area (Å²) in [6.07, 6.45) is -2.92. The molecule has 5 rings (SSSR count). The van der Waals surface area contributed by atoms with E-state index in [1.807, 2.05) is 22.9 Å². The molecule has 3 fully saturated rings. The minimum atomic E-state index is -1.87. The van der Waals surface area contributed by atoms with Crippen molar-refractivity contribution >= 4 is 82.0 Å². The lowest BCUT2D eigenvalue weighted by molar-refractivity contribution is -0.145. The molecule has 2 aromatic carbocycles. The Labute approximate surface area is 505 Å². The Kier molecular flexibility index (Phi) is 26.9. The lowest BCUT2D eigenvalue weighted by atomic mass is 10.0. The van der Waals surface area contributed by atoms with Crippen molar-refractivity contribution < 1.29 is 83.7 Å². The van der Waals surface area contributed by atoms with Crippen LogP contribution in [0.3, 0.4) is 0 Å². The number of aromatic hydroxyl groups is 2. The number of likely N-dealkylation sites (tertiary alicyclic amines) is 3. The second-order valence-electron chi connectivity index (χ2n) is 21.7. The second-order valence-corrected chi connectivity index (χ2v) is 22.3. The van der Waals surface area contributed by atoms with Crippen LogP contribution in [-0.4, -0.2) is 228 Å². The van der Waals surface area contributed by atoms with Crippen LogP contribution in [-0.2, 0) is 60.8 Å². The monoisotopic (exact) mass is 1310 g/mol. The molecule has 9 amide bonds. The van der Waals surface area contributed by atoms with Crippen LogP contribution in [0.1, 0.15) is 89.2 Å². The molecule has 0 unspecified atom stereocenters. The van der Waals surface area contributed by atoms with E-state index in [9.17, 15) is 83.7 Å². The minimum absolute atomic E-state index is 0.0222. The fraction of sp³-hybridized carbons (Fsp3) is 0.600. The topological polar surface area (TPSA) is 458 Å². The van der Waals surface area contributed by atoms with Crippen molar-refractivity contribution in [3.63, 3.8) is 0 Å². The number of carboxylic acids is 1. The first-order valence-corrected chi connectivity index (χ1v) is 29.4. The van der Waals surface area contributed by atoms with Crippen molar-refractivity contribution in [1.29, 1.82) is 0 Å². The number of phenols is 2. The molecule has 30 heteroatoms. The van der Waals surface area contributed by atoms with Crippen LogP contribution in [0.2, 0.25) is 0 Å². The number of nitrogens with two attached hydrogens (primary N) is 2. The number of β-amino-alcohol motifs (C(OH)–C–C–N with tert-alkyl or cyclic N) is 2. The Morgan fingerprint density at radius 1 is 0.576 bits per heavy atom. The van der Waals surface area contributed by atoms with Crippen molar-refractivity contribution in [2.75, 3.05) is 39.3 Å². The third kappa shape index (κ3) is 19.6. The maximum atomic E-state index is 14.8. The zero-order valence-corrected chi connectivity index (χ0v) is 49.6. The van der Waals surface area contributed by atoms with E-state index < -0.39 is 164 Å². The zero-order chi connectivity index (χ0) is 62.7. The van der Waals surface area contributed by atoms with E-state index in [0.717, 1.165) is 16.7 Å². The van der Waals surface area contributed by atoms with Gasteiger partial charge in [-0.25, -0.2) is 8.32 Å². The van der Waals surface area contributed by atoms with Gasteiger partial charge in [-0.2, -0.15) is 0 Å². The summed E-state index contributed by atoms with van der Waals surface area (Å²) in [5.41, 5.74) is 12.0. The normalized spacial score (nSPS) is 21.3. The van der Waals surface area contributed by atoms with Crippen molar-refractivity contribution in [2.24, 2.45) is 11.5 Å². The van der Waals surface area contributed by atoms with Gasteiger partial charge in [0.2, 0.25) is 53.2 Å². The van der Waals surface area contributed by atoms with E-state index in [1.165, 1.54) is 53.4 Å². The lowest BCUT2D eigenvalue weighted by Gasteiger charge is -2.32. The van der Waals surface area contributed by atoms with Gasteiger partial charge >= 0.3 is 5.97 Å². The van der Waals surface area contributed by atoms with Crippen molar-refractivity contribution in [3.8, 4) is 11.5 Å². The van der Waals surface area contributed by atoms with Gasteiger partial charge in [-0.3, -0.25) is 43.2 Å². The van der Waals surface area contributed by atoms with Crippen LogP contribution in [0.15, 0.2) is 48.5 Å².